The average molecular weight is 305 g/mol. The molecule has 0 aliphatic rings. The zero-order valence-electron chi connectivity index (χ0n) is 12.2. The molecule has 2 rings (SSSR count). The molecular weight excluding hydrogens is 286 g/mol. The van der Waals surface area contributed by atoms with Gasteiger partial charge in [-0.25, -0.2) is 0 Å². The molecule has 0 radical (unpaired) electrons. The van der Waals surface area contributed by atoms with Gasteiger partial charge in [-0.1, -0.05) is 6.07 Å². The molecule has 1 aromatic heterocycles. The number of hydrogen-bond donors (Lipinski definition) is 1. The Morgan fingerprint density at radius 1 is 1.24 bits per heavy atom. The molecule has 0 aliphatic carbocycles. The molecule has 1 heterocycles. The third kappa shape index (κ3) is 4.49. The van der Waals surface area contributed by atoms with Crippen LogP contribution in [0.5, 0.6) is 11.5 Å². The minimum absolute atomic E-state index is 0.0354. The molecule has 0 saturated heterocycles. The Balaban J connectivity index is 1.88. The first-order valence-electron chi connectivity index (χ1n) is 6.73. The van der Waals surface area contributed by atoms with Gasteiger partial charge in [0.05, 0.1) is 14.2 Å². The molecule has 0 atom stereocenters. The molecule has 112 valence electrons. The van der Waals surface area contributed by atoms with Crippen molar-refractivity contribution in [3.05, 3.63) is 46.2 Å². The maximum absolute atomic E-state index is 11.9. The largest absolute Gasteiger partial charge is 0.497 e. The molecule has 5 heteroatoms. The van der Waals surface area contributed by atoms with E-state index in [0.29, 0.717) is 13.0 Å². The van der Waals surface area contributed by atoms with Gasteiger partial charge in [0, 0.05) is 23.4 Å². The van der Waals surface area contributed by atoms with Crippen LogP contribution in [0.15, 0.2) is 35.7 Å². The highest BCUT2D eigenvalue weighted by molar-refractivity contribution is 7.09. The second kappa shape index (κ2) is 7.69. The van der Waals surface area contributed by atoms with Crippen LogP contribution in [-0.4, -0.2) is 20.1 Å². The molecule has 2 aromatic rings. The van der Waals surface area contributed by atoms with E-state index in [0.717, 1.165) is 23.5 Å². The van der Waals surface area contributed by atoms with Gasteiger partial charge < -0.3 is 14.8 Å². The van der Waals surface area contributed by atoms with Crippen molar-refractivity contribution in [1.29, 1.82) is 0 Å². The maximum atomic E-state index is 11.9. The lowest BCUT2D eigenvalue weighted by molar-refractivity contribution is -0.121. The van der Waals surface area contributed by atoms with Crippen molar-refractivity contribution in [1.82, 2.24) is 5.32 Å². The summed E-state index contributed by atoms with van der Waals surface area (Å²) in [6, 6.07) is 9.59. The number of rotatable bonds is 7. The summed E-state index contributed by atoms with van der Waals surface area (Å²) >= 11 is 1.67. The van der Waals surface area contributed by atoms with Gasteiger partial charge in [-0.05, 0) is 36.1 Å². The minimum atomic E-state index is 0.0354. The SMILES string of the molecule is COc1ccc(OC)c(CNC(=O)CCc2cccs2)c1. The van der Waals surface area contributed by atoms with Crippen molar-refractivity contribution < 1.29 is 14.3 Å². The van der Waals surface area contributed by atoms with Gasteiger partial charge >= 0.3 is 0 Å². The number of aryl methyl sites for hydroxylation is 1. The standard InChI is InChI=1S/C16H19NO3S/c1-19-13-5-7-15(20-2)12(10-13)11-17-16(18)8-6-14-4-3-9-21-14/h3-5,7,9-10H,6,8,11H2,1-2H3,(H,17,18). The van der Waals surface area contributed by atoms with Crippen molar-refractivity contribution in [2.24, 2.45) is 0 Å². The van der Waals surface area contributed by atoms with Crippen LogP contribution < -0.4 is 14.8 Å². The molecule has 1 aromatic carbocycles. The molecule has 0 unspecified atom stereocenters. The van der Waals surface area contributed by atoms with Crippen molar-refractivity contribution in [3.63, 3.8) is 0 Å². The zero-order chi connectivity index (χ0) is 15.1. The van der Waals surface area contributed by atoms with Crippen molar-refractivity contribution >= 4 is 17.2 Å². The van der Waals surface area contributed by atoms with Crippen molar-refractivity contribution in [3.8, 4) is 11.5 Å². The Morgan fingerprint density at radius 3 is 2.76 bits per heavy atom. The second-order valence-electron chi connectivity index (χ2n) is 4.53. The Hall–Kier alpha value is -2.01. The lowest BCUT2D eigenvalue weighted by Gasteiger charge is -2.11. The maximum Gasteiger partial charge on any atom is 0.220 e. The Labute approximate surface area is 128 Å². The van der Waals surface area contributed by atoms with Crippen LogP contribution in [0.3, 0.4) is 0 Å². The van der Waals surface area contributed by atoms with E-state index in [2.05, 4.69) is 5.32 Å². The number of amides is 1. The Morgan fingerprint density at radius 2 is 2.10 bits per heavy atom. The summed E-state index contributed by atoms with van der Waals surface area (Å²) in [4.78, 5) is 13.1. The van der Waals surface area contributed by atoms with Crippen LogP contribution in [0.25, 0.3) is 0 Å². The van der Waals surface area contributed by atoms with Gasteiger partial charge in [0.1, 0.15) is 11.5 Å². The molecule has 0 spiro atoms. The first kappa shape index (κ1) is 15.4. The topological polar surface area (TPSA) is 47.6 Å². The van der Waals surface area contributed by atoms with Gasteiger partial charge in [0.15, 0.2) is 0 Å². The lowest BCUT2D eigenvalue weighted by atomic mass is 10.1. The first-order valence-corrected chi connectivity index (χ1v) is 7.61. The summed E-state index contributed by atoms with van der Waals surface area (Å²) in [5, 5.41) is 4.94. The molecule has 0 bridgehead atoms. The third-order valence-corrected chi connectivity index (χ3v) is 4.08. The third-order valence-electron chi connectivity index (χ3n) is 3.14. The number of benzene rings is 1. The van der Waals surface area contributed by atoms with Gasteiger partial charge in [-0.2, -0.15) is 0 Å². The number of carbonyl (C=O) groups excluding carboxylic acids is 1. The predicted octanol–water partition coefficient (Wildman–Crippen LogP) is 3.01. The van der Waals surface area contributed by atoms with E-state index in [1.54, 1.807) is 25.6 Å². The van der Waals surface area contributed by atoms with Crippen LogP contribution in [0, 0.1) is 0 Å². The molecule has 0 saturated carbocycles. The molecule has 1 N–H and O–H groups in total. The summed E-state index contributed by atoms with van der Waals surface area (Å²) < 4.78 is 10.5. The second-order valence-corrected chi connectivity index (χ2v) is 5.57. The van der Waals surface area contributed by atoms with E-state index in [9.17, 15) is 4.79 Å². The van der Waals surface area contributed by atoms with E-state index in [1.165, 1.54) is 4.88 Å². The highest BCUT2D eigenvalue weighted by Crippen LogP contribution is 2.23. The highest BCUT2D eigenvalue weighted by atomic mass is 32.1. The number of carbonyl (C=O) groups is 1. The molecule has 0 aliphatic heterocycles. The number of nitrogens with one attached hydrogen (secondary N) is 1. The quantitative estimate of drug-likeness (QED) is 0.855. The van der Waals surface area contributed by atoms with E-state index in [1.807, 2.05) is 35.7 Å². The number of methoxy groups -OCH3 is 2. The van der Waals surface area contributed by atoms with Crippen LogP contribution in [0.2, 0.25) is 0 Å². The van der Waals surface area contributed by atoms with Crippen LogP contribution >= 0.6 is 11.3 Å². The number of hydrogen-bond acceptors (Lipinski definition) is 4. The van der Waals surface area contributed by atoms with Gasteiger partial charge in [0.25, 0.3) is 0 Å². The minimum Gasteiger partial charge on any atom is -0.497 e. The number of ether oxygens (including phenoxy) is 2. The van der Waals surface area contributed by atoms with E-state index in [-0.39, 0.29) is 5.91 Å². The summed E-state index contributed by atoms with van der Waals surface area (Å²) in [6.45, 7) is 0.434. The fraction of sp³-hybridized carbons (Fsp3) is 0.312. The highest BCUT2D eigenvalue weighted by Gasteiger charge is 2.08. The predicted molar refractivity (Wildman–Crippen MR) is 84.0 cm³/mol. The summed E-state index contributed by atoms with van der Waals surface area (Å²) in [5.41, 5.74) is 0.904. The first-order chi connectivity index (χ1) is 10.2. The smallest absolute Gasteiger partial charge is 0.220 e. The molecule has 0 fully saturated rings. The summed E-state index contributed by atoms with van der Waals surface area (Å²) in [5.74, 6) is 1.53. The fourth-order valence-corrected chi connectivity index (χ4v) is 2.70. The van der Waals surface area contributed by atoms with Gasteiger partial charge in [-0.15, -0.1) is 11.3 Å². The van der Waals surface area contributed by atoms with Crippen molar-refractivity contribution in [2.45, 2.75) is 19.4 Å². The van der Waals surface area contributed by atoms with Gasteiger partial charge in [0.2, 0.25) is 5.91 Å². The van der Waals surface area contributed by atoms with Crippen LogP contribution in [0.1, 0.15) is 16.9 Å². The summed E-state index contributed by atoms with van der Waals surface area (Å²) in [6.07, 6.45) is 1.27. The van der Waals surface area contributed by atoms with Gasteiger partial charge in [-0.3, -0.25) is 4.79 Å². The molecular formula is C16H19NO3S. The monoisotopic (exact) mass is 305 g/mol. The van der Waals surface area contributed by atoms with Crippen molar-refractivity contribution in [2.75, 3.05) is 14.2 Å². The Kier molecular flexibility index (Phi) is 5.63. The lowest BCUT2D eigenvalue weighted by Crippen LogP contribution is -2.23. The Bertz CT molecular complexity index is 581. The van der Waals surface area contributed by atoms with Crippen LogP contribution in [0.4, 0.5) is 0 Å². The average Bonchev–Trinajstić information content (AvgIpc) is 3.04. The number of thiophene rings is 1. The summed E-state index contributed by atoms with van der Waals surface area (Å²) in [7, 11) is 3.23. The van der Waals surface area contributed by atoms with Crippen LogP contribution in [-0.2, 0) is 17.8 Å². The molecule has 4 nitrogen and oxygen atoms in total. The van der Waals surface area contributed by atoms with E-state index in [4.69, 9.17) is 9.47 Å². The normalized spacial score (nSPS) is 10.2. The van der Waals surface area contributed by atoms with E-state index < -0.39 is 0 Å². The van der Waals surface area contributed by atoms with E-state index >= 15 is 0 Å². The fourth-order valence-electron chi connectivity index (χ4n) is 1.99. The zero-order valence-corrected chi connectivity index (χ0v) is 13.0. The molecule has 21 heavy (non-hydrogen) atoms. The molecule has 1 amide bonds.